The maximum atomic E-state index is 13.4. The van der Waals surface area contributed by atoms with Crippen LogP contribution >= 0.6 is 15.9 Å². The topological polar surface area (TPSA) is 87.7 Å². The fourth-order valence-corrected chi connectivity index (χ4v) is 4.47. The highest BCUT2D eigenvalue weighted by atomic mass is 79.9. The van der Waals surface area contributed by atoms with E-state index >= 15 is 0 Å². The molecule has 0 unspecified atom stereocenters. The fourth-order valence-electron chi connectivity index (χ4n) is 4.11. The van der Waals surface area contributed by atoms with E-state index in [4.69, 9.17) is 9.72 Å². The number of esters is 1. The molecule has 4 aromatic rings. The van der Waals surface area contributed by atoms with E-state index in [1.54, 1.807) is 12.3 Å². The highest BCUT2D eigenvalue weighted by molar-refractivity contribution is 9.10. The number of carbonyl (C=O) groups excluding carboxylic acids is 1. The van der Waals surface area contributed by atoms with E-state index in [0.717, 1.165) is 33.5 Å². The van der Waals surface area contributed by atoms with E-state index in [-0.39, 0.29) is 18.1 Å². The van der Waals surface area contributed by atoms with Crippen LogP contribution in [0.15, 0.2) is 62.9 Å². The third-order valence-electron chi connectivity index (χ3n) is 6.35. The van der Waals surface area contributed by atoms with Gasteiger partial charge in [-0.3, -0.25) is 4.79 Å². The molecule has 192 valence electrons. The molecule has 0 N–H and O–H groups in total. The van der Waals surface area contributed by atoms with Crippen molar-refractivity contribution in [2.75, 3.05) is 13.7 Å². The average Bonchev–Trinajstić information content (AvgIpc) is 3.19. The number of aromatic nitrogens is 3. The molecule has 8 nitrogen and oxygen atoms in total. The molecule has 0 radical (unpaired) electrons. The number of hydrogen-bond acceptors (Lipinski definition) is 6. The number of halogens is 1. The Bertz CT molecular complexity index is 1540. The first-order valence-corrected chi connectivity index (χ1v) is 12.8. The molecule has 37 heavy (non-hydrogen) atoms. The Labute approximate surface area is 223 Å². The molecule has 0 spiro atoms. The predicted octanol–water partition coefficient (Wildman–Crippen LogP) is 5.51. The van der Waals surface area contributed by atoms with Gasteiger partial charge in [-0.1, -0.05) is 29.8 Å². The molecule has 0 aliphatic carbocycles. The second-order valence-corrected chi connectivity index (χ2v) is 9.74. The van der Waals surface area contributed by atoms with Gasteiger partial charge in [-0.15, -0.1) is 0 Å². The molecule has 2 aromatic heterocycles. The van der Waals surface area contributed by atoms with Crippen molar-refractivity contribution in [2.24, 2.45) is 5.10 Å². The van der Waals surface area contributed by atoms with E-state index in [1.165, 1.54) is 11.8 Å². The number of hydrogen-bond donors (Lipinski definition) is 0. The highest BCUT2D eigenvalue weighted by Gasteiger charge is 2.16. The van der Waals surface area contributed by atoms with E-state index in [1.807, 2.05) is 63.2 Å². The van der Waals surface area contributed by atoms with Gasteiger partial charge in [-0.2, -0.15) is 9.78 Å². The Balaban J connectivity index is 1.69. The Morgan fingerprint density at radius 1 is 1.16 bits per heavy atom. The average molecular weight is 565 g/mol. The molecule has 0 aliphatic rings. The molecule has 9 heteroatoms. The third-order valence-corrected chi connectivity index (χ3v) is 6.84. The van der Waals surface area contributed by atoms with Gasteiger partial charge < -0.3 is 14.0 Å². The lowest BCUT2D eigenvalue weighted by Crippen LogP contribution is -2.23. The SMILES string of the molecule is CC[C@@H](C)c1nc2ccc(Br)cc2c(=O)n1N=Cc1cc(C)n(-c2ccc(OCC(=O)OC)cc2)c1C. The Morgan fingerprint density at radius 3 is 2.57 bits per heavy atom. The summed E-state index contributed by atoms with van der Waals surface area (Å²) in [4.78, 5) is 29.5. The summed E-state index contributed by atoms with van der Waals surface area (Å²) in [6, 6.07) is 15.0. The Morgan fingerprint density at radius 2 is 1.89 bits per heavy atom. The summed E-state index contributed by atoms with van der Waals surface area (Å²) in [5.74, 6) is 0.834. The van der Waals surface area contributed by atoms with Gasteiger partial charge in [0.05, 0.1) is 24.2 Å². The molecule has 0 saturated carbocycles. The minimum atomic E-state index is -0.435. The summed E-state index contributed by atoms with van der Waals surface area (Å²) in [5.41, 5.74) is 4.27. The van der Waals surface area contributed by atoms with Crippen LogP contribution in [0.3, 0.4) is 0 Å². The van der Waals surface area contributed by atoms with Crippen molar-refractivity contribution in [1.82, 2.24) is 14.2 Å². The number of methoxy groups -OCH3 is 1. The minimum absolute atomic E-state index is 0.0604. The summed E-state index contributed by atoms with van der Waals surface area (Å²) < 4.78 is 14.4. The van der Waals surface area contributed by atoms with Crippen LogP contribution < -0.4 is 10.3 Å². The summed E-state index contributed by atoms with van der Waals surface area (Å²) in [5, 5.41) is 5.13. The number of rotatable bonds is 8. The highest BCUT2D eigenvalue weighted by Crippen LogP contribution is 2.23. The van der Waals surface area contributed by atoms with Crippen LogP contribution in [0.5, 0.6) is 5.75 Å². The first-order chi connectivity index (χ1) is 17.7. The number of nitrogens with zero attached hydrogens (tertiary/aromatic N) is 4. The second-order valence-electron chi connectivity index (χ2n) is 8.82. The van der Waals surface area contributed by atoms with Gasteiger partial charge in [0.15, 0.2) is 6.61 Å². The minimum Gasteiger partial charge on any atom is -0.482 e. The van der Waals surface area contributed by atoms with E-state index < -0.39 is 5.97 Å². The lowest BCUT2D eigenvalue weighted by atomic mass is 10.1. The van der Waals surface area contributed by atoms with Gasteiger partial charge in [0.25, 0.3) is 5.56 Å². The zero-order valence-corrected chi connectivity index (χ0v) is 23.1. The van der Waals surface area contributed by atoms with Crippen molar-refractivity contribution in [1.29, 1.82) is 0 Å². The summed E-state index contributed by atoms with van der Waals surface area (Å²) in [7, 11) is 1.32. The van der Waals surface area contributed by atoms with Gasteiger partial charge in [-0.05, 0) is 68.8 Å². The molecular weight excluding hydrogens is 536 g/mol. The molecule has 0 bridgehead atoms. The van der Waals surface area contributed by atoms with Crippen LogP contribution in [0.25, 0.3) is 16.6 Å². The molecule has 1 atom stereocenters. The monoisotopic (exact) mass is 564 g/mol. The van der Waals surface area contributed by atoms with Crippen molar-refractivity contribution in [3.8, 4) is 11.4 Å². The van der Waals surface area contributed by atoms with Crippen LogP contribution in [0.4, 0.5) is 0 Å². The second kappa shape index (κ2) is 11.1. The molecule has 0 saturated heterocycles. The van der Waals surface area contributed by atoms with Crippen LogP contribution in [-0.2, 0) is 9.53 Å². The third kappa shape index (κ3) is 5.51. The van der Waals surface area contributed by atoms with Crippen molar-refractivity contribution in [2.45, 2.75) is 40.0 Å². The van der Waals surface area contributed by atoms with E-state index in [9.17, 15) is 9.59 Å². The molecule has 0 amide bonds. The van der Waals surface area contributed by atoms with Gasteiger partial charge in [0.1, 0.15) is 11.6 Å². The molecule has 2 aromatic carbocycles. The van der Waals surface area contributed by atoms with Gasteiger partial charge >= 0.3 is 5.97 Å². The first-order valence-electron chi connectivity index (χ1n) is 12.0. The maximum absolute atomic E-state index is 13.4. The Hall–Kier alpha value is -3.72. The lowest BCUT2D eigenvalue weighted by molar-refractivity contribution is -0.142. The quantitative estimate of drug-likeness (QED) is 0.208. The largest absolute Gasteiger partial charge is 0.482 e. The van der Waals surface area contributed by atoms with E-state index in [0.29, 0.717) is 22.5 Å². The normalized spacial score (nSPS) is 12.3. The van der Waals surface area contributed by atoms with Crippen molar-refractivity contribution >= 4 is 39.0 Å². The molecule has 0 fully saturated rings. The van der Waals surface area contributed by atoms with Crippen molar-refractivity contribution in [3.63, 3.8) is 0 Å². The number of ether oxygens (including phenoxy) is 2. The fraction of sp³-hybridized carbons (Fsp3) is 0.286. The van der Waals surface area contributed by atoms with Crippen LogP contribution in [0.2, 0.25) is 0 Å². The number of carbonyl (C=O) groups is 1. The van der Waals surface area contributed by atoms with Crippen LogP contribution in [-0.4, -0.2) is 40.1 Å². The lowest BCUT2D eigenvalue weighted by Gasteiger charge is -2.14. The molecule has 4 rings (SSSR count). The number of aryl methyl sites for hydroxylation is 1. The number of fused-ring (bicyclic) bond motifs is 1. The van der Waals surface area contributed by atoms with E-state index in [2.05, 4.69) is 37.3 Å². The first kappa shape index (κ1) is 26.3. The summed E-state index contributed by atoms with van der Waals surface area (Å²) in [6.07, 6.45) is 2.54. The maximum Gasteiger partial charge on any atom is 0.343 e. The summed E-state index contributed by atoms with van der Waals surface area (Å²) in [6.45, 7) is 7.98. The Kier molecular flexibility index (Phi) is 7.92. The zero-order chi connectivity index (χ0) is 26.7. The summed E-state index contributed by atoms with van der Waals surface area (Å²) >= 11 is 3.45. The predicted molar refractivity (Wildman–Crippen MR) is 148 cm³/mol. The van der Waals surface area contributed by atoms with Gasteiger partial charge in [0.2, 0.25) is 0 Å². The molecule has 0 aliphatic heterocycles. The molecular formula is C28H29BrN4O4. The zero-order valence-electron chi connectivity index (χ0n) is 21.5. The smallest absolute Gasteiger partial charge is 0.343 e. The van der Waals surface area contributed by atoms with Gasteiger partial charge in [-0.25, -0.2) is 9.78 Å². The van der Waals surface area contributed by atoms with Crippen molar-refractivity contribution < 1.29 is 14.3 Å². The molecule has 2 heterocycles. The van der Waals surface area contributed by atoms with Gasteiger partial charge in [0, 0.05) is 33.0 Å². The number of benzene rings is 2. The van der Waals surface area contributed by atoms with Crippen molar-refractivity contribution in [3.05, 3.63) is 86.1 Å². The van der Waals surface area contributed by atoms with Crippen LogP contribution in [0, 0.1) is 13.8 Å². The van der Waals surface area contributed by atoms with Crippen LogP contribution in [0.1, 0.15) is 49.0 Å². The standard InChI is InChI=1S/C28H29BrN4O4/c1-6-17(2)27-31-25-12-7-21(29)14-24(25)28(35)33(27)30-15-20-13-18(3)32(19(20)4)22-8-10-23(11-9-22)37-16-26(34)36-5/h7-15,17H,6,16H2,1-5H3/t17-/m1/s1.